The normalized spacial score (nSPS) is 15.2. The van der Waals surface area contributed by atoms with Crippen LogP contribution < -0.4 is 5.32 Å². The van der Waals surface area contributed by atoms with Crippen LogP contribution in [0.4, 0.5) is 0 Å². The molecule has 5 heteroatoms. The maximum Gasteiger partial charge on any atom is 0.255 e. The lowest BCUT2D eigenvalue weighted by Gasteiger charge is -2.22. The Morgan fingerprint density at radius 1 is 1.08 bits per heavy atom. The van der Waals surface area contributed by atoms with E-state index >= 15 is 0 Å². The number of nitrogens with zero attached hydrogens (tertiary/aromatic N) is 2. The first-order chi connectivity index (χ1) is 12.3. The zero-order valence-corrected chi connectivity index (χ0v) is 14.8. The Morgan fingerprint density at radius 3 is 2.60 bits per heavy atom. The van der Waals surface area contributed by atoms with Crippen molar-refractivity contribution >= 4 is 17.2 Å². The third-order valence-electron chi connectivity index (χ3n) is 4.67. The van der Waals surface area contributed by atoms with Crippen LogP contribution in [-0.2, 0) is 0 Å². The maximum absolute atomic E-state index is 12.9. The van der Waals surface area contributed by atoms with Gasteiger partial charge in [-0.3, -0.25) is 4.79 Å². The lowest BCUT2D eigenvalue weighted by Crippen LogP contribution is -2.36. The molecule has 4 nitrogen and oxygen atoms in total. The lowest BCUT2D eigenvalue weighted by atomic mass is 9.95. The third-order valence-corrected chi connectivity index (χ3v) is 5.55. The van der Waals surface area contributed by atoms with Crippen molar-refractivity contribution in [3.63, 3.8) is 0 Å². The van der Waals surface area contributed by atoms with Crippen molar-refractivity contribution < 1.29 is 4.79 Å². The first-order valence-electron chi connectivity index (χ1n) is 8.81. The van der Waals surface area contributed by atoms with Crippen molar-refractivity contribution in [3.05, 3.63) is 59.6 Å². The van der Waals surface area contributed by atoms with Gasteiger partial charge in [-0.05, 0) is 36.4 Å². The van der Waals surface area contributed by atoms with Gasteiger partial charge in [-0.15, -0.1) is 11.3 Å². The minimum Gasteiger partial charge on any atom is -0.349 e. The molecule has 128 valence electrons. The van der Waals surface area contributed by atoms with E-state index in [0.29, 0.717) is 5.56 Å². The summed E-state index contributed by atoms with van der Waals surface area (Å²) in [5, 5.41) is 9.93. The van der Waals surface area contributed by atoms with Crippen LogP contribution in [0.3, 0.4) is 0 Å². The van der Waals surface area contributed by atoms with Gasteiger partial charge in [0.15, 0.2) is 0 Å². The van der Waals surface area contributed by atoms with Crippen LogP contribution in [0.1, 0.15) is 42.5 Å². The van der Waals surface area contributed by atoms with Gasteiger partial charge < -0.3 is 5.32 Å². The van der Waals surface area contributed by atoms with E-state index in [2.05, 4.69) is 5.32 Å². The van der Waals surface area contributed by atoms with Crippen LogP contribution in [0, 0.1) is 0 Å². The average molecular weight is 351 g/mol. The van der Waals surface area contributed by atoms with Crippen LogP contribution in [0.2, 0.25) is 0 Å². The molecule has 1 aliphatic rings. The van der Waals surface area contributed by atoms with Gasteiger partial charge in [0.2, 0.25) is 0 Å². The molecule has 0 saturated heterocycles. The molecule has 0 spiro atoms. The van der Waals surface area contributed by atoms with Crippen molar-refractivity contribution in [2.45, 2.75) is 38.1 Å². The largest absolute Gasteiger partial charge is 0.349 e. The number of carbonyl (C=O) groups is 1. The molecule has 2 heterocycles. The van der Waals surface area contributed by atoms with Crippen LogP contribution in [-0.4, -0.2) is 21.7 Å². The Kier molecular flexibility index (Phi) is 4.65. The molecule has 1 aromatic carbocycles. The Bertz CT molecular complexity index is 833. The number of aromatic nitrogens is 2. The molecular formula is C20H21N3OS. The summed E-state index contributed by atoms with van der Waals surface area (Å²) in [6, 6.07) is 14.2. The summed E-state index contributed by atoms with van der Waals surface area (Å²) in [6.45, 7) is 0. The number of thiophene rings is 1. The first-order valence-corrected chi connectivity index (χ1v) is 9.69. The van der Waals surface area contributed by atoms with Crippen molar-refractivity contribution in [1.29, 1.82) is 0 Å². The van der Waals surface area contributed by atoms with Gasteiger partial charge in [-0.2, -0.15) is 5.10 Å². The predicted molar refractivity (Wildman–Crippen MR) is 101 cm³/mol. The number of nitrogens with one attached hydrogen (secondary N) is 1. The number of amides is 1. The highest BCUT2D eigenvalue weighted by Gasteiger charge is 2.22. The minimum absolute atomic E-state index is 0.0162. The second-order valence-electron chi connectivity index (χ2n) is 6.46. The summed E-state index contributed by atoms with van der Waals surface area (Å²) in [6.07, 6.45) is 7.68. The summed E-state index contributed by atoms with van der Waals surface area (Å²) >= 11 is 1.61. The fourth-order valence-corrected chi connectivity index (χ4v) is 4.08. The van der Waals surface area contributed by atoms with Crippen LogP contribution >= 0.6 is 11.3 Å². The number of benzene rings is 1. The molecule has 1 saturated carbocycles. The summed E-state index contributed by atoms with van der Waals surface area (Å²) in [7, 11) is 0. The fourth-order valence-electron chi connectivity index (χ4n) is 3.36. The summed E-state index contributed by atoms with van der Waals surface area (Å²) in [5.41, 5.74) is 2.36. The zero-order valence-electron chi connectivity index (χ0n) is 14.0. The molecule has 2 aromatic heterocycles. The zero-order chi connectivity index (χ0) is 17.1. The fraction of sp³-hybridized carbons (Fsp3) is 0.300. The van der Waals surface area contributed by atoms with Gasteiger partial charge in [0.25, 0.3) is 5.91 Å². The maximum atomic E-state index is 12.9. The number of hydrogen-bond donors (Lipinski definition) is 1. The summed E-state index contributed by atoms with van der Waals surface area (Å²) in [5.74, 6) is -0.0162. The molecule has 0 aliphatic heterocycles. The van der Waals surface area contributed by atoms with E-state index in [4.69, 9.17) is 5.10 Å². The number of rotatable bonds is 4. The van der Waals surface area contributed by atoms with E-state index in [1.54, 1.807) is 16.0 Å². The molecule has 1 aliphatic carbocycles. The predicted octanol–water partition coefficient (Wildman–Crippen LogP) is 4.66. The molecule has 0 unspecified atom stereocenters. The lowest BCUT2D eigenvalue weighted by molar-refractivity contribution is 0.0928. The molecule has 3 aromatic rings. The van der Waals surface area contributed by atoms with E-state index in [-0.39, 0.29) is 11.9 Å². The van der Waals surface area contributed by atoms with E-state index in [1.165, 1.54) is 19.3 Å². The Morgan fingerprint density at radius 2 is 1.88 bits per heavy atom. The monoisotopic (exact) mass is 351 g/mol. The van der Waals surface area contributed by atoms with Gasteiger partial charge in [0.05, 0.1) is 16.1 Å². The molecule has 1 fully saturated rings. The highest BCUT2D eigenvalue weighted by atomic mass is 32.1. The standard InChI is InChI=1S/C20H21N3OS/c24-20(21-15-8-3-1-4-9-15)17-14-23(16-10-5-2-6-11-16)22-19(17)18-12-7-13-25-18/h2,5-7,10-15H,1,3-4,8-9H2,(H,21,24). The van der Waals surface area contributed by atoms with E-state index in [1.807, 2.05) is 54.0 Å². The van der Waals surface area contributed by atoms with Crippen molar-refractivity contribution in [2.75, 3.05) is 0 Å². The van der Waals surface area contributed by atoms with Crippen LogP contribution in [0.5, 0.6) is 0 Å². The molecule has 25 heavy (non-hydrogen) atoms. The van der Waals surface area contributed by atoms with Crippen LogP contribution in [0.25, 0.3) is 16.3 Å². The van der Waals surface area contributed by atoms with Crippen molar-refractivity contribution in [3.8, 4) is 16.3 Å². The number of hydrogen-bond acceptors (Lipinski definition) is 3. The second-order valence-corrected chi connectivity index (χ2v) is 7.40. The average Bonchev–Trinajstić information content (AvgIpc) is 3.33. The third kappa shape index (κ3) is 3.51. The Hall–Kier alpha value is -2.40. The van der Waals surface area contributed by atoms with E-state index in [0.717, 1.165) is 29.1 Å². The molecule has 0 radical (unpaired) electrons. The van der Waals surface area contributed by atoms with Crippen molar-refractivity contribution in [1.82, 2.24) is 15.1 Å². The number of carbonyl (C=O) groups excluding carboxylic acids is 1. The molecule has 1 N–H and O–H groups in total. The Balaban J connectivity index is 1.67. The molecule has 0 bridgehead atoms. The smallest absolute Gasteiger partial charge is 0.255 e. The second kappa shape index (κ2) is 7.23. The topological polar surface area (TPSA) is 46.9 Å². The molecular weight excluding hydrogens is 330 g/mol. The van der Waals surface area contributed by atoms with Gasteiger partial charge in [0.1, 0.15) is 5.69 Å². The first kappa shape index (κ1) is 16.1. The van der Waals surface area contributed by atoms with E-state index in [9.17, 15) is 4.79 Å². The van der Waals surface area contributed by atoms with E-state index < -0.39 is 0 Å². The molecule has 4 rings (SSSR count). The summed E-state index contributed by atoms with van der Waals surface area (Å²) in [4.78, 5) is 13.9. The molecule has 1 amide bonds. The summed E-state index contributed by atoms with van der Waals surface area (Å²) < 4.78 is 1.80. The van der Waals surface area contributed by atoms with Gasteiger partial charge >= 0.3 is 0 Å². The SMILES string of the molecule is O=C(NC1CCCCC1)c1cn(-c2ccccc2)nc1-c1cccs1. The van der Waals surface area contributed by atoms with Crippen molar-refractivity contribution in [2.24, 2.45) is 0 Å². The minimum atomic E-state index is -0.0162. The van der Waals surface area contributed by atoms with Crippen LogP contribution in [0.15, 0.2) is 54.0 Å². The highest BCUT2D eigenvalue weighted by molar-refractivity contribution is 7.13. The molecule has 0 atom stereocenters. The Labute approximate surface area is 151 Å². The van der Waals surface area contributed by atoms with Gasteiger partial charge in [0, 0.05) is 12.2 Å². The van der Waals surface area contributed by atoms with Gasteiger partial charge in [-0.25, -0.2) is 4.68 Å². The quantitative estimate of drug-likeness (QED) is 0.743. The number of para-hydroxylation sites is 1. The van der Waals surface area contributed by atoms with Gasteiger partial charge in [-0.1, -0.05) is 43.5 Å². The highest BCUT2D eigenvalue weighted by Crippen LogP contribution is 2.28.